The quantitative estimate of drug-likeness (QED) is 0.640. The molecule has 0 spiro atoms. The molecular formula is C24H22N4O4S. The molecule has 0 radical (unpaired) electrons. The lowest BCUT2D eigenvalue weighted by molar-refractivity contribution is 0.0864. The average Bonchev–Trinajstić information content (AvgIpc) is 3.49. The first-order valence-electron chi connectivity index (χ1n) is 11.1. The Kier molecular flexibility index (Phi) is 4.45. The van der Waals surface area contributed by atoms with Gasteiger partial charge in [0, 0.05) is 42.0 Å². The first kappa shape index (κ1) is 20.2. The van der Waals surface area contributed by atoms with Crippen LogP contribution in [0.2, 0.25) is 0 Å². The smallest absolute Gasteiger partial charge is 0.269 e. The molecule has 1 fully saturated rings. The molecule has 0 saturated heterocycles. The summed E-state index contributed by atoms with van der Waals surface area (Å²) < 4.78 is 28.9. The second-order valence-electron chi connectivity index (χ2n) is 8.78. The monoisotopic (exact) mass is 462 g/mol. The third kappa shape index (κ3) is 3.34. The van der Waals surface area contributed by atoms with Crippen molar-refractivity contribution in [2.75, 3.05) is 5.32 Å². The number of imidazole rings is 1. The van der Waals surface area contributed by atoms with E-state index in [0.717, 1.165) is 47.2 Å². The summed E-state index contributed by atoms with van der Waals surface area (Å²) in [6.07, 6.45) is 6.68. The molecule has 2 aliphatic heterocycles. The molecule has 8 nitrogen and oxygen atoms in total. The Morgan fingerprint density at radius 3 is 2.73 bits per heavy atom. The number of hydrogen-bond acceptors (Lipinski definition) is 5. The van der Waals surface area contributed by atoms with Crippen LogP contribution in [0, 0.1) is 0 Å². The Bertz CT molecular complexity index is 1400. The molecule has 1 aliphatic carbocycles. The summed E-state index contributed by atoms with van der Waals surface area (Å²) in [5.41, 5.74) is 2.67. The highest BCUT2D eigenvalue weighted by Gasteiger charge is 2.48. The van der Waals surface area contributed by atoms with Crippen LogP contribution < -0.4 is 5.32 Å². The lowest BCUT2D eigenvalue weighted by Gasteiger charge is -2.13. The minimum absolute atomic E-state index is 0.0932. The fraction of sp³-hybridized carbons (Fsp3) is 0.292. The van der Waals surface area contributed by atoms with Crippen LogP contribution in [-0.4, -0.2) is 40.1 Å². The zero-order chi connectivity index (χ0) is 22.7. The van der Waals surface area contributed by atoms with Gasteiger partial charge < -0.3 is 9.88 Å². The topological polar surface area (TPSA) is 101 Å². The third-order valence-corrected chi connectivity index (χ3v) is 8.29. The molecule has 2 amide bonds. The zero-order valence-corrected chi connectivity index (χ0v) is 18.6. The normalized spacial score (nSPS) is 18.7. The van der Waals surface area contributed by atoms with Crippen LogP contribution in [0.1, 0.15) is 52.2 Å². The van der Waals surface area contributed by atoms with Crippen molar-refractivity contribution in [3.63, 3.8) is 0 Å². The Hall–Kier alpha value is -3.46. The second-order valence-corrected chi connectivity index (χ2v) is 10.6. The maximum absolute atomic E-state index is 12.9. The molecule has 0 unspecified atom stereocenters. The van der Waals surface area contributed by atoms with Gasteiger partial charge in [-0.05, 0) is 56.0 Å². The van der Waals surface area contributed by atoms with E-state index in [0.29, 0.717) is 18.5 Å². The number of amides is 2. The number of hydrogen-bond donors (Lipinski definition) is 1. The first-order valence-corrected chi connectivity index (χ1v) is 12.6. The lowest BCUT2D eigenvalue weighted by Crippen LogP contribution is -2.31. The van der Waals surface area contributed by atoms with Gasteiger partial charge >= 0.3 is 0 Å². The number of anilines is 1. The van der Waals surface area contributed by atoms with Gasteiger partial charge in [0.15, 0.2) is 0 Å². The van der Waals surface area contributed by atoms with Gasteiger partial charge in [-0.25, -0.2) is 17.7 Å². The number of sulfonamides is 1. The molecule has 0 bridgehead atoms. The molecule has 1 aromatic heterocycles. The average molecular weight is 463 g/mol. The van der Waals surface area contributed by atoms with Crippen molar-refractivity contribution in [2.24, 2.45) is 0 Å². The van der Waals surface area contributed by atoms with Gasteiger partial charge in [-0.3, -0.25) is 9.59 Å². The van der Waals surface area contributed by atoms with Crippen molar-refractivity contribution in [3.8, 4) is 11.3 Å². The Morgan fingerprint density at radius 1 is 1.09 bits per heavy atom. The highest BCUT2D eigenvalue weighted by atomic mass is 32.2. The number of carbonyl (C=O) groups is 2. The van der Waals surface area contributed by atoms with E-state index in [1.165, 1.54) is 18.2 Å². The molecule has 33 heavy (non-hydrogen) atoms. The number of rotatable bonds is 4. The van der Waals surface area contributed by atoms with Crippen LogP contribution in [0.3, 0.4) is 0 Å². The second kappa shape index (κ2) is 7.28. The van der Waals surface area contributed by atoms with Crippen LogP contribution >= 0.6 is 0 Å². The fourth-order valence-corrected chi connectivity index (χ4v) is 6.41. The maximum atomic E-state index is 12.9. The van der Waals surface area contributed by atoms with E-state index in [4.69, 9.17) is 4.98 Å². The van der Waals surface area contributed by atoms with Gasteiger partial charge in [0.1, 0.15) is 10.7 Å². The fourth-order valence-electron chi connectivity index (χ4n) is 4.57. The molecule has 9 heteroatoms. The summed E-state index contributed by atoms with van der Waals surface area (Å²) in [4.78, 5) is 30.1. The van der Waals surface area contributed by atoms with E-state index < -0.39 is 21.8 Å². The number of carbonyl (C=O) groups excluding carboxylic acids is 2. The van der Waals surface area contributed by atoms with Crippen LogP contribution in [0.15, 0.2) is 53.6 Å². The van der Waals surface area contributed by atoms with Gasteiger partial charge in [0.2, 0.25) is 0 Å². The largest absolute Gasteiger partial charge is 0.334 e. The number of aromatic nitrogens is 2. The van der Waals surface area contributed by atoms with E-state index in [1.807, 2.05) is 24.4 Å². The van der Waals surface area contributed by atoms with E-state index >= 15 is 0 Å². The number of fused-ring (bicyclic) bond motifs is 2. The standard InChI is InChI=1S/C24H22N4O4S/c29-23(16-7-10-19-21(13-16)33(31,32)28(24(19)30)18-8-9-18)25-17-5-3-4-15(12-17)20-14-27-11-2-1-6-22(27)26-20/h3-5,7,10,12-14,18H,1-2,6,8-9,11H2,(H,25,29). The number of benzene rings is 2. The van der Waals surface area contributed by atoms with E-state index in [9.17, 15) is 18.0 Å². The molecule has 6 rings (SSSR count). The van der Waals surface area contributed by atoms with Gasteiger partial charge in [0.05, 0.1) is 11.3 Å². The third-order valence-electron chi connectivity index (χ3n) is 6.41. The summed E-state index contributed by atoms with van der Waals surface area (Å²) in [5, 5.41) is 2.84. The van der Waals surface area contributed by atoms with Crippen LogP contribution in [0.5, 0.6) is 0 Å². The van der Waals surface area contributed by atoms with Crippen molar-refractivity contribution in [2.45, 2.75) is 49.6 Å². The summed E-state index contributed by atoms with van der Waals surface area (Å²) in [6.45, 7) is 0.973. The summed E-state index contributed by atoms with van der Waals surface area (Å²) in [5.74, 6) is 0.140. The van der Waals surface area contributed by atoms with Crippen molar-refractivity contribution in [3.05, 3.63) is 65.6 Å². The van der Waals surface area contributed by atoms with Crippen molar-refractivity contribution in [1.29, 1.82) is 0 Å². The number of nitrogens with one attached hydrogen (secondary N) is 1. The summed E-state index contributed by atoms with van der Waals surface area (Å²) in [6, 6.07) is 11.4. The van der Waals surface area contributed by atoms with E-state index in [1.54, 1.807) is 6.07 Å². The van der Waals surface area contributed by atoms with E-state index in [2.05, 4.69) is 9.88 Å². The first-order chi connectivity index (χ1) is 15.9. The summed E-state index contributed by atoms with van der Waals surface area (Å²) >= 11 is 0. The lowest BCUT2D eigenvalue weighted by atomic mass is 10.1. The molecule has 3 aromatic rings. The van der Waals surface area contributed by atoms with Crippen molar-refractivity contribution in [1.82, 2.24) is 13.9 Å². The molecular weight excluding hydrogens is 440 g/mol. The molecule has 168 valence electrons. The van der Waals surface area contributed by atoms with E-state index in [-0.39, 0.29) is 22.1 Å². The van der Waals surface area contributed by atoms with Crippen molar-refractivity contribution < 1.29 is 18.0 Å². The minimum atomic E-state index is -3.91. The van der Waals surface area contributed by atoms with Crippen LogP contribution in [0.25, 0.3) is 11.3 Å². The molecule has 3 aliphatic rings. The molecule has 1 saturated carbocycles. The van der Waals surface area contributed by atoms with Gasteiger partial charge in [-0.1, -0.05) is 12.1 Å². The van der Waals surface area contributed by atoms with Gasteiger partial charge in [-0.2, -0.15) is 0 Å². The highest BCUT2D eigenvalue weighted by Crippen LogP contribution is 2.39. The Labute approximate surface area is 191 Å². The molecule has 0 atom stereocenters. The van der Waals surface area contributed by atoms with Crippen LogP contribution in [0.4, 0.5) is 5.69 Å². The Morgan fingerprint density at radius 2 is 1.94 bits per heavy atom. The predicted octanol–water partition coefficient (Wildman–Crippen LogP) is 3.45. The van der Waals surface area contributed by atoms with Crippen LogP contribution in [-0.2, 0) is 23.0 Å². The number of aryl methyl sites for hydroxylation is 2. The summed E-state index contributed by atoms with van der Waals surface area (Å²) in [7, 11) is -3.91. The SMILES string of the molecule is O=C(Nc1cccc(-c2cn3c(n2)CCCC3)c1)c1ccc2c(c1)S(=O)(=O)N(C1CC1)C2=O. The van der Waals surface area contributed by atoms with Gasteiger partial charge in [-0.15, -0.1) is 0 Å². The highest BCUT2D eigenvalue weighted by molar-refractivity contribution is 7.90. The zero-order valence-electron chi connectivity index (χ0n) is 17.8. The van der Waals surface area contributed by atoms with Gasteiger partial charge in [0.25, 0.3) is 21.8 Å². The minimum Gasteiger partial charge on any atom is -0.334 e. The molecule has 1 N–H and O–H groups in total. The molecule has 2 aromatic carbocycles. The predicted molar refractivity (Wildman–Crippen MR) is 121 cm³/mol. The number of nitrogens with zero attached hydrogens (tertiary/aromatic N) is 3. The van der Waals surface area contributed by atoms with Crippen molar-refractivity contribution >= 4 is 27.5 Å². The Balaban J connectivity index is 1.26. The molecule has 3 heterocycles. The maximum Gasteiger partial charge on any atom is 0.269 e.